The Bertz CT molecular complexity index is 348. The zero-order chi connectivity index (χ0) is 12.8. The maximum absolute atomic E-state index is 5.29. The zero-order valence-electron chi connectivity index (χ0n) is 11.3. The molecule has 1 unspecified atom stereocenters. The minimum atomic E-state index is 0.610. The summed E-state index contributed by atoms with van der Waals surface area (Å²) in [6.07, 6.45) is 5.95. The lowest BCUT2D eigenvalue weighted by atomic mass is 10.0. The van der Waals surface area contributed by atoms with E-state index < -0.39 is 0 Å². The van der Waals surface area contributed by atoms with Crippen molar-refractivity contribution in [2.24, 2.45) is 0 Å². The van der Waals surface area contributed by atoms with Gasteiger partial charge in [-0.15, -0.1) is 0 Å². The Morgan fingerprint density at radius 1 is 1.44 bits per heavy atom. The summed E-state index contributed by atoms with van der Waals surface area (Å²) >= 11 is 1.85. The molecular weight excluding hydrogens is 246 g/mol. The molecule has 1 aromatic rings. The van der Waals surface area contributed by atoms with Gasteiger partial charge in [-0.25, -0.2) is 0 Å². The summed E-state index contributed by atoms with van der Waals surface area (Å²) in [7, 11) is 0. The van der Waals surface area contributed by atoms with E-state index in [2.05, 4.69) is 29.3 Å². The average Bonchev–Trinajstić information content (AvgIpc) is 2.83. The number of aromatic nitrogens is 2. The van der Waals surface area contributed by atoms with Crippen LogP contribution in [-0.4, -0.2) is 28.0 Å². The molecule has 0 aromatic carbocycles. The van der Waals surface area contributed by atoms with Gasteiger partial charge in [0.15, 0.2) is 5.82 Å². The van der Waals surface area contributed by atoms with Crippen molar-refractivity contribution in [1.29, 1.82) is 0 Å². The minimum absolute atomic E-state index is 0.610. The Hall–Kier alpha value is -0.550. The highest BCUT2D eigenvalue weighted by atomic mass is 32.2. The van der Waals surface area contributed by atoms with E-state index in [1.165, 1.54) is 19.3 Å². The molecule has 1 aliphatic rings. The summed E-state index contributed by atoms with van der Waals surface area (Å²) in [6, 6.07) is 0.638. The van der Waals surface area contributed by atoms with Crippen molar-refractivity contribution in [3.63, 3.8) is 0 Å². The van der Waals surface area contributed by atoms with Crippen LogP contribution in [0.1, 0.15) is 51.2 Å². The van der Waals surface area contributed by atoms with Crippen LogP contribution in [-0.2, 0) is 12.2 Å². The quantitative estimate of drug-likeness (QED) is 0.860. The van der Waals surface area contributed by atoms with Crippen LogP contribution >= 0.6 is 11.8 Å². The summed E-state index contributed by atoms with van der Waals surface area (Å²) in [5, 5.41) is 8.18. The molecular formula is C13H23N3OS. The molecule has 1 saturated heterocycles. The first-order valence-electron chi connectivity index (χ1n) is 6.90. The van der Waals surface area contributed by atoms with Crippen LogP contribution in [0.2, 0.25) is 0 Å². The predicted molar refractivity (Wildman–Crippen MR) is 74.7 cm³/mol. The molecule has 0 amide bonds. The van der Waals surface area contributed by atoms with Crippen LogP contribution in [0.3, 0.4) is 0 Å². The van der Waals surface area contributed by atoms with Crippen molar-refractivity contribution in [1.82, 2.24) is 15.5 Å². The number of rotatable bonds is 6. The lowest BCUT2D eigenvalue weighted by molar-refractivity contribution is 0.341. The molecule has 0 aliphatic carbocycles. The summed E-state index contributed by atoms with van der Waals surface area (Å²) in [6.45, 7) is 5.52. The monoisotopic (exact) mass is 269 g/mol. The minimum Gasteiger partial charge on any atom is -0.339 e. The zero-order valence-corrected chi connectivity index (χ0v) is 12.1. The summed E-state index contributed by atoms with van der Waals surface area (Å²) in [4.78, 5) is 4.44. The Morgan fingerprint density at radius 2 is 2.33 bits per heavy atom. The Balaban J connectivity index is 1.72. The Labute approximate surface area is 113 Å². The molecule has 4 nitrogen and oxygen atoms in total. The third kappa shape index (κ3) is 4.61. The van der Waals surface area contributed by atoms with Crippen molar-refractivity contribution in [2.75, 3.05) is 6.54 Å². The number of nitrogens with zero attached hydrogens (tertiary/aromatic N) is 2. The molecule has 18 heavy (non-hydrogen) atoms. The normalized spacial score (nSPS) is 20.5. The third-order valence-corrected chi connectivity index (χ3v) is 4.27. The fourth-order valence-electron chi connectivity index (χ4n) is 2.16. The lowest BCUT2D eigenvalue weighted by Crippen LogP contribution is -2.34. The predicted octanol–water partition coefficient (Wildman–Crippen LogP) is 2.79. The first-order valence-corrected chi connectivity index (χ1v) is 7.95. The molecule has 1 atom stereocenters. The highest BCUT2D eigenvalue weighted by Crippen LogP contribution is 2.16. The van der Waals surface area contributed by atoms with Gasteiger partial charge in [-0.05, 0) is 31.1 Å². The van der Waals surface area contributed by atoms with E-state index in [4.69, 9.17) is 4.52 Å². The van der Waals surface area contributed by atoms with E-state index in [1.54, 1.807) is 0 Å². The molecule has 1 aliphatic heterocycles. The highest BCUT2D eigenvalue weighted by molar-refractivity contribution is 7.99. The van der Waals surface area contributed by atoms with Gasteiger partial charge < -0.3 is 9.84 Å². The van der Waals surface area contributed by atoms with E-state index in [9.17, 15) is 0 Å². The molecule has 2 heterocycles. The molecule has 0 spiro atoms. The van der Waals surface area contributed by atoms with Crippen LogP contribution in [0.4, 0.5) is 0 Å². The van der Waals surface area contributed by atoms with Crippen molar-refractivity contribution < 1.29 is 4.52 Å². The van der Waals surface area contributed by atoms with Crippen LogP contribution in [0.15, 0.2) is 4.52 Å². The molecule has 1 N–H and O–H groups in total. The summed E-state index contributed by atoms with van der Waals surface area (Å²) in [5.41, 5.74) is 0. The molecule has 0 radical (unpaired) electrons. The van der Waals surface area contributed by atoms with Crippen LogP contribution in [0, 0.1) is 0 Å². The molecule has 2 rings (SSSR count). The van der Waals surface area contributed by atoms with Gasteiger partial charge in [0.25, 0.3) is 0 Å². The number of piperidine rings is 1. The standard InChI is InChI=1S/C13H23N3OS/c1-10(2)18-9-12-15-13(17-16-12)7-6-11-5-3-4-8-14-11/h10-11,14H,3-9H2,1-2H3. The second-order valence-corrected chi connectivity index (χ2v) is 6.71. The molecule has 5 heteroatoms. The van der Waals surface area contributed by atoms with Crippen LogP contribution < -0.4 is 5.32 Å². The Kier molecular flexibility index (Phi) is 5.50. The number of hydrogen-bond donors (Lipinski definition) is 1. The number of nitrogens with one attached hydrogen (secondary N) is 1. The average molecular weight is 269 g/mol. The van der Waals surface area contributed by atoms with Gasteiger partial charge in [0.1, 0.15) is 0 Å². The SMILES string of the molecule is CC(C)SCc1noc(CCC2CCCCN2)n1. The molecule has 102 valence electrons. The van der Waals surface area contributed by atoms with E-state index in [0.717, 1.165) is 36.9 Å². The lowest BCUT2D eigenvalue weighted by Gasteiger charge is -2.22. The number of hydrogen-bond acceptors (Lipinski definition) is 5. The Morgan fingerprint density at radius 3 is 3.06 bits per heavy atom. The molecule has 1 fully saturated rings. The largest absolute Gasteiger partial charge is 0.339 e. The second-order valence-electron chi connectivity index (χ2n) is 5.15. The fourth-order valence-corrected chi connectivity index (χ4v) is 2.76. The first kappa shape index (κ1) is 13.9. The van der Waals surface area contributed by atoms with Crippen molar-refractivity contribution in [3.05, 3.63) is 11.7 Å². The van der Waals surface area contributed by atoms with Crippen molar-refractivity contribution in [2.45, 2.75) is 63.0 Å². The first-order chi connectivity index (χ1) is 8.74. The van der Waals surface area contributed by atoms with Crippen molar-refractivity contribution in [3.8, 4) is 0 Å². The van der Waals surface area contributed by atoms with Crippen molar-refractivity contribution >= 4 is 11.8 Å². The maximum atomic E-state index is 5.29. The molecule has 0 saturated carbocycles. The number of aryl methyl sites for hydroxylation is 1. The van der Waals surface area contributed by atoms with E-state index >= 15 is 0 Å². The number of thioether (sulfide) groups is 1. The summed E-state index contributed by atoms with van der Waals surface area (Å²) < 4.78 is 5.29. The summed E-state index contributed by atoms with van der Waals surface area (Å²) in [5.74, 6) is 2.48. The molecule has 0 bridgehead atoms. The third-order valence-electron chi connectivity index (χ3n) is 3.17. The van der Waals surface area contributed by atoms with Gasteiger partial charge in [-0.2, -0.15) is 16.7 Å². The van der Waals surface area contributed by atoms with E-state index in [0.29, 0.717) is 11.3 Å². The van der Waals surface area contributed by atoms with E-state index in [1.807, 2.05) is 11.8 Å². The highest BCUT2D eigenvalue weighted by Gasteiger charge is 2.14. The fraction of sp³-hybridized carbons (Fsp3) is 0.846. The van der Waals surface area contributed by atoms with Gasteiger partial charge in [0, 0.05) is 12.5 Å². The van der Waals surface area contributed by atoms with E-state index in [-0.39, 0.29) is 0 Å². The van der Waals surface area contributed by atoms with Gasteiger partial charge >= 0.3 is 0 Å². The van der Waals surface area contributed by atoms with Gasteiger partial charge in [0.2, 0.25) is 5.89 Å². The van der Waals surface area contributed by atoms with Gasteiger partial charge in [0.05, 0.1) is 5.75 Å². The van der Waals surface area contributed by atoms with Gasteiger partial charge in [-0.1, -0.05) is 25.4 Å². The van der Waals surface area contributed by atoms with Gasteiger partial charge in [-0.3, -0.25) is 0 Å². The second kappa shape index (κ2) is 7.14. The topological polar surface area (TPSA) is 51.0 Å². The molecule has 1 aromatic heterocycles. The van der Waals surface area contributed by atoms with Crippen LogP contribution in [0.25, 0.3) is 0 Å². The maximum Gasteiger partial charge on any atom is 0.226 e. The smallest absolute Gasteiger partial charge is 0.226 e. The van der Waals surface area contributed by atoms with Crippen LogP contribution in [0.5, 0.6) is 0 Å².